The molecule has 2 heterocycles. The van der Waals surface area contributed by atoms with Crippen LogP contribution < -0.4 is 20.1 Å². The number of fused-ring (bicyclic) bond motifs is 1. The molecule has 1 aromatic carbocycles. The fourth-order valence-electron chi connectivity index (χ4n) is 1.98. The monoisotopic (exact) mass is 285 g/mol. The second kappa shape index (κ2) is 6.13. The first kappa shape index (κ1) is 13.2. The minimum absolute atomic E-state index is 0.225. The van der Waals surface area contributed by atoms with Gasteiger partial charge in [0.2, 0.25) is 6.79 Å². The number of pyridine rings is 1. The smallest absolute Gasteiger partial charge is 0.315 e. The molecule has 0 saturated heterocycles. The number of nitrogens with zero attached hydrogens (tertiary/aromatic N) is 1. The number of nitrogens with one attached hydrogen (secondary N) is 2. The van der Waals surface area contributed by atoms with Crippen LogP contribution in [0, 0.1) is 0 Å². The average molecular weight is 285 g/mol. The number of urea groups is 1. The molecule has 21 heavy (non-hydrogen) atoms. The molecule has 108 valence electrons. The highest BCUT2D eigenvalue weighted by Gasteiger charge is 2.13. The van der Waals surface area contributed by atoms with Crippen LogP contribution in [0.4, 0.5) is 4.79 Å². The van der Waals surface area contributed by atoms with Gasteiger partial charge in [-0.05, 0) is 29.3 Å². The molecule has 3 rings (SSSR count). The van der Waals surface area contributed by atoms with Crippen molar-refractivity contribution in [1.82, 2.24) is 15.6 Å². The zero-order chi connectivity index (χ0) is 14.5. The summed E-state index contributed by atoms with van der Waals surface area (Å²) in [5.41, 5.74) is 1.91. The van der Waals surface area contributed by atoms with E-state index in [0.29, 0.717) is 18.8 Å². The highest BCUT2D eigenvalue weighted by Crippen LogP contribution is 2.32. The van der Waals surface area contributed by atoms with Gasteiger partial charge in [0.05, 0.1) is 0 Å². The van der Waals surface area contributed by atoms with Gasteiger partial charge in [0, 0.05) is 25.5 Å². The normalized spacial score (nSPS) is 12.0. The van der Waals surface area contributed by atoms with E-state index in [9.17, 15) is 4.79 Å². The van der Waals surface area contributed by atoms with Crippen LogP contribution in [0.25, 0.3) is 0 Å². The molecule has 2 aromatic rings. The molecular weight excluding hydrogens is 270 g/mol. The third-order valence-corrected chi connectivity index (χ3v) is 3.07. The maximum absolute atomic E-state index is 11.7. The third kappa shape index (κ3) is 3.42. The summed E-state index contributed by atoms with van der Waals surface area (Å²) in [5.74, 6) is 1.45. The van der Waals surface area contributed by atoms with Crippen molar-refractivity contribution in [2.75, 3.05) is 6.79 Å². The molecule has 0 radical (unpaired) electrons. The number of hydrogen-bond donors (Lipinski definition) is 2. The highest BCUT2D eigenvalue weighted by atomic mass is 16.7. The van der Waals surface area contributed by atoms with E-state index in [-0.39, 0.29) is 12.8 Å². The van der Waals surface area contributed by atoms with Crippen LogP contribution in [-0.4, -0.2) is 17.8 Å². The Labute approximate surface area is 122 Å². The van der Waals surface area contributed by atoms with E-state index in [1.54, 1.807) is 12.4 Å². The number of carbonyl (C=O) groups excluding carboxylic acids is 1. The van der Waals surface area contributed by atoms with Gasteiger partial charge in [0.1, 0.15) is 0 Å². The van der Waals surface area contributed by atoms with Gasteiger partial charge in [-0.1, -0.05) is 12.1 Å². The molecular formula is C15H15N3O3. The number of ether oxygens (including phenoxy) is 2. The number of amides is 2. The van der Waals surface area contributed by atoms with Crippen molar-refractivity contribution in [3.05, 3.63) is 53.9 Å². The average Bonchev–Trinajstić information content (AvgIpc) is 2.99. The number of rotatable bonds is 4. The van der Waals surface area contributed by atoms with Crippen molar-refractivity contribution in [2.24, 2.45) is 0 Å². The predicted molar refractivity (Wildman–Crippen MR) is 75.9 cm³/mol. The summed E-state index contributed by atoms with van der Waals surface area (Å²) in [6.45, 7) is 1.12. The number of aromatic nitrogens is 1. The van der Waals surface area contributed by atoms with Crippen LogP contribution in [0.15, 0.2) is 42.7 Å². The summed E-state index contributed by atoms with van der Waals surface area (Å²) in [7, 11) is 0. The Morgan fingerprint density at radius 2 is 1.90 bits per heavy atom. The first-order valence-electron chi connectivity index (χ1n) is 6.60. The van der Waals surface area contributed by atoms with Crippen LogP contribution >= 0.6 is 0 Å². The van der Waals surface area contributed by atoms with Crippen LogP contribution in [0.3, 0.4) is 0 Å². The predicted octanol–water partition coefficient (Wildman–Crippen LogP) is 1.81. The molecule has 2 amide bonds. The molecule has 0 spiro atoms. The van der Waals surface area contributed by atoms with Gasteiger partial charge in [-0.25, -0.2) is 4.79 Å². The molecule has 6 nitrogen and oxygen atoms in total. The minimum atomic E-state index is -0.225. The van der Waals surface area contributed by atoms with Gasteiger partial charge in [-0.2, -0.15) is 0 Å². The lowest BCUT2D eigenvalue weighted by Crippen LogP contribution is -2.34. The molecule has 2 N–H and O–H groups in total. The van der Waals surface area contributed by atoms with E-state index in [2.05, 4.69) is 15.6 Å². The van der Waals surface area contributed by atoms with E-state index in [1.807, 2.05) is 30.3 Å². The van der Waals surface area contributed by atoms with E-state index in [0.717, 1.165) is 16.9 Å². The van der Waals surface area contributed by atoms with E-state index >= 15 is 0 Å². The summed E-state index contributed by atoms with van der Waals surface area (Å²) >= 11 is 0. The minimum Gasteiger partial charge on any atom is -0.454 e. The molecule has 0 saturated carbocycles. The van der Waals surface area contributed by atoms with Gasteiger partial charge in [-0.15, -0.1) is 0 Å². The van der Waals surface area contributed by atoms with E-state index in [1.165, 1.54) is 0 Å². The fourth-order valence-corrected chi connectivity index (χ4v) is 1.98. The summed E-state index contributed by atoms with van der Waals surface area (Å²) in [4.78, 5) is 15.7. The van der Waals surface area contributed by atoms with Crippen molar-refractivity contribution in [3.63, 3.8) is 0 Å². The molecule has 1 aliphatic heterocycles. The topological polar surface area (TPSA) is 72.5 Å². The largest absolute Gasteiger partial charge is 0.454 e. The van der Waals surface area contributed by atoms with Crippen molar-refractivity contribution < 1.29 is 14.3 Å². The molecule has 1 aromatic heterocycles. The fraction of sp³-hybridized carbons (Fsp3) is 0.200. The molecule has 0 bridgehead atoms. The Morgan fingerprint density at radius 3 is 2.71 bits per heavy atom. The zero-order valence-corrected chi connectivity index (χ0v) is 11.3. The quantitative estimate of drug-likeness (QED) is 0.898. The highest BCUT2D eigenvalue weighted by molar-refractivity contribution is 5.73. The first-order valence-corrected chi connectivity index (χ1v) is 6.60. The standard InChI is InChI=1S/C15H15N3O3/c19-15(18-9-12-2-1-5-16-7-12)17-8-11-3-4-13-14(6-11)21-10-20-13/h1-7H,8-10H2,(H2,17,18,19). The maximum Gasteiger partial charge on any atom is 0.315 e. The van der Waals surface area contributed by atoms with Gasteiger partial charge >= 0.3 is 6.03 Å². The Morgan fingerprint density at radius 1 is 1.10 bits per heavy atom. The Kier molecular flexibility index (Phi) is 3.86. The molecule has 1 aliphatic rings. The van der Waals surface area contributed by atoms with Crippen LogP contribution in [-0.2, 0) is 13.1 Å². The van der Waals surface area contributed by atoms with Crippen molar-refractivity contribution in [2.45, 2.75) is 13.1 Å². The Hall–Kier alpha value is -2.76. The van der Waals surface area contributed by atoms with Gasteiger partial charge in [-0.3, -0.25) is 4.98 Å². The van der Waals surface area contributed by atoms with Gasteiger partial charge < -0.3 is 20.1 Å². The summed E-state index contributed by atoms with van der Waals surface area (Å²) < 4.78 is 10.5. The van der Waals surface area contributed by atoms with Crippen LogP contribution in [0.1, 0.15) is 11.1 Å². The van der Waals surface area contributed by atoms with Gasteiger partial charge in [0.15, 0.2) is 11.5 Å². The Balaban J connectivity index is 1.47. The van der Waals surface area contributed by atoms with Crippen LogP contribution in [0.2, 0.25) is 0 Å². The lowest BCUT2D eigenvalue weighted by Gasteiger charge is -2.08. The van der Waals surface area contributed by atoms with Gasteiger partial charge in [0.25, 0.3) is 0 Å². The van der Waals surface area contributed by atoms with Crippen molar-refractivity contribution in [1.29, 1.82) is 0 Å². The lowest BCUT2D eigenvalue weighted by molar-refractivity contribution is 0.174. The zero-order valence-electron chi connectivity index (χ0n) is 11.3. The lowest BCUT2D eigenvalue weighted by atomic mass is 10.2. The summed E-state index contributed by atoms with van der Waals surface area (Å²) in [6.07, 6.45) is 3.42. The van der Waals surface area contributed by atoms with E-state index in [4.69, 9.17) is 9.47 Å². The van der Waals surface area contributed by atoms with Crippen molar-refractivity contribution >= 4 is 6.03 Å². The molecule has 6 heteroatoms. The second-order valence-corrected chi connectivity index (χ2v) is 4.59. The van der Waals surface area contributed by atoms with E-state index < -0.39 is 0 Å². The molecule has 0 unspecified atom stereocenters. The molecule has 0 aliphatic carbocycles. The molecule has 0 fully saturated rings. The number of carbonyl (C=O) groups is 1. The summed E-state index contributed by atoms with van der Waals surface area (Å²) in [6, 6.07) is 9.12. The van der Waals surface area contributed by atoms with Crippen LogP contribution in [0.5, 0.6) is 11.5 Å². The summed E-state index contributed by atoms with van der Waals surface area (Å²) in [5, 5.41) is 5.57. The number of hydrogen-bond acceptors (Lipinski definition) is 4. The maximum atomic E-state index is 11.7. The first-order chi connectivity index (χ1) is 10.3. The SMILES string of the molecule is O=C(NCc1cccnc1)NCc1ccc2c(c1)OCO2. The third-order valence-electron chi connectivity index (χ3n) is 3.07. The Bertz CT molecular complexity index is 631. The molecule has 0 atom stereocenters. The number of benzene rings is 1. The second-order valence-electron chi connectivity index (χ2n) is 4.59. The van der Waals surface area contributed by atoms with Crippen molar-refractivity contribution in [3.8, 4) is 11.5 Å².